The first-order chi connectivity index (χ1) is 12.7. The molecule has 0 aromatic carbocycles. The van der Waals surface area contributed by atoms with E-state index in [1.807, 2.05) is 18.3 Å². The third kappa shape index (κ3) is 5.34. The molecule has 0 radical (unpaired) electrons. The molecule has 0 spiro atoms. The lowest BCUT2D eigenvalue weighted by atomic mass is 10.2. The second kappa shape index (κ2) is 9.21. The first-order valence-corrected chi connectivity index (χ1v) is 10.1. The molecule has 2 heterocycles. The van der Waals surface area contributed by atoms with E-state index in [9.17, 15) is 0 Å². The van der Waals surface area contributed by atoms with Crippen molar-refractivity contribution in [3.05, 3.63) is 23.9 Å². The van der Waals surface area contributed by atoms with Gasteiger partial charge in [-0.2, -0.15) is 0 Å². The normalized spacial score (nSPS) is 23.9. The monoisotopic (exact) mass is 359 g/mol. The van der Waals surface area contributed by atoms with Gasteiger partial charge >= 0.3 is 0 Å². The van der Waals surface area contributed by atoms with Crippen LogP contribution in [0.4, 0.5) is 0 Å². The van der Waals surface area contributed by atoms with Crippen molar-refractivity contribution in [2.75, 3.05) is 19.7 Å². The van der Waals surface area contributed by atoms with Crippen molar-refractivity contribution < 1.29 is 4.74 Å². The molecule has 1 aliphatic heterocycles. The van der Waals surface area contributed by atoms with Gasteiger partial charge < -0.3 is 15.4 Å². The predicted octanol–water partition coefficient (Wildman–Crippen LogP) is 2.55. The van der Waals surface area contributed by atoms with Crippen molar-refractivity contribution in [3.8, 4) is 5.88 Å². The number of hydrogen-bond acceptors (Lipinski definition) is 4. The number of guanidine groups is 1. The van der Waals surface area contributed by atoms with Crippen molar-refractivity contribution in [2.45, 2.75) is 71.1 Å². The van der Waals surface area contributed by atoms with E-state index in [4.69, 9.17) is 9.73 Å². The molecule has 3 rings (SSSR count). The van der Waals surface area contributed by atoms with Crippen LogP contribution in [-0.4, -0.2) is 53.7 Å². The summed E-state index contributed by atoms with van der Waals surface area (Å²) in [5.41, 5.74) is 1.09. The molecule has 26 heavy (non-hydrogen) atoms. The number of rotatable bonds is 8. The van der Waals surface area contributed by atoms with Gasteiger partial charge in [0.05, 0.1) is 13.2 Å². The van der Waals surface area contributed by atoms with Gasteiger partial charge in [-0.25, -0.2) is 9.98 Å². The van der Waals surface area contributed by atoms with Crippen molar-refractivity contribution >= 4 is 5.96 Å². The number of nitrogens with one attached hydrogen (secondary N) is 2. The highest BCUT2D eigenvalue weighted by atomic mass is 16.5. The molecule has 2 atom stereocenters. The summed E-state index contributed by atoms with van der Waals surface area (Å²) in [6.45, 7) is 9.85. The second-order valence-electron chi connectivity index (χ2n) is 7.40. The topological polar surface area (TPSA) is 61.8 Å². The second-order valence-corrected chi connectivity index (χ2v) is 7.40. The molecular weight excluding hydrogens is 326 g/mol. The van der Waals surface area contributed by atoms with E-state index in [1.54, 1.807) is 0 Å². The van der Waals surface area contributed by atoms with Crippen LogP contribution in [0, 0.1) is 0 Å². The van der Waals surface area contributed by atoms with E-state index >= 15 is 0 Å². The Hall–Kier alpha value is -1.82. The van der Waals surface area contributed by atoms with Crippen molar-refractivity contribution in [1.29, 1.82) is 0 Å². The summed E-state index contributed by atoms with van der Waals surface area (Å²) in [5.74, 6) is 1.58. The fourth-order valence-corrected chi connectivity index (χ4v) is 3.56. The molecule has 2 unspecified atom stereocenters. The molecule has 6 heteroatoms. The largest absolute Gasteiger partial charge is 0.478 e. The average Bonchev–Trinajstić information content (AvgIpc) is 3.42. The summed E-state index contributed by atoms with van der Waals surface area (Å²) in [6, 6.07) is 5.94. The molecule has 1 aliphatic carbocycles. The first-order valence-electron chi connectivity index (χ1n) is 10.1. The Bertz CT molecular complexity index is 584. The molecule has 2 aliphatic rings. The first kappa shape index (κ1) is 19.0. The summed E-state index contributed by atoms with van der Waals surface area (Å²) < 4.78 is 5.53. The van der Waals surface area contributed by atoms with Crippen LogP contribution in [-0.2, 0) is 6.54 Å². The molecule has 1 saturated carbocycles. The Balaban J connectivity index is 1.53. The number of ether oxygens (including phenoxy) is 1. The van der Waals surface area contributed by atoms with Crippen molar-refractivity contribution in [3.63, 3.8) is 0 Å². The summed E-state index contributed by atoms with van der Waals surface area (Å²) in [5, 5.41) is 6.99. The zero-order valence-electron chi connectivity index (χ0n) is 16.4. The van der Waals surface area contributed by atoms with Gasteiger partial charge in [-0.1, -0.05) is 13.0 Å². The van der Waals surface area contributed by atoms with E-state index in [0.717, 1.165) is 37.1 Å². The fraction of sp³-hybridized carbons (Fsp3) is 0.700. The maximum atomic E-state index is 5.53. The van der Waals surface area contributed by atoms with Crippen LogP contribution in [0.2, 0.25) is 0 Å². The van der Waals surface area contributed by atoms with Crippen LogP contribution in [0.15, 0.2) is 23.3 Å². The zero-order chi connectivity index (χ0) is 18.4. The minimum Gasteiger partial charge on any atom is -0.478 e. The van der Waals surface area contributed by atoms with Crippen LogP contribution < -0.4 is 15.4 Å². The summed E-state index contributed by atoms with van der Waals surface area (Å²) >= 11 is 0. The van der Waals surface area contributed by atoms with Crippen LogP contribution in [0.5, 0.6) is 5.88 Å². The zero-order valence-corrected chi connectivity index (χ0v) is 16.4. The highest BCUT2D eigenvalue weighted by Crippen LogP contribution is 2.33. The predicted molar refractivity (Wildman–Crippen MR) is 106 cm³/mol. The molecule has 144 valence electrons. The molecule has 1 saturated heterocycles. The van der Waals surface area contributed by atoms with E-state index < -0.39 is 0 Å². The Kier molecular flexibility index (Phi) is 6.72. The van der Waals surface area contributed by atoms with Crippen LogP contribution >= 0.6 is 0 Å². The highest BCUT2D eigenvalue weighted by molar-refractivity contribution is 5.80. The van der Waals surface area contributed by atoms with Gasteiger partial charge in [0.2, 0.25) is 5.88 Å². The SMILES string of the molecule is CCCOc1ccc(CN=C(NCC)NC2CC(C)N(C3CC3)C2)cn1. The maximum absolute atomic E-state index is 5.53. The minimum atomic E-state index is 0.478. The van der Waals surface area contributed by atoms with Crippen LogP contribution in [0.1, 0.15) is 52.0 Å². The number of aromatic nitrogens is 1. The Morgan fingerprint density at radius 2 is 2.19 bits per heavy atom. The number of hydrogen-bond donors (Lipinski definition) is 2. The van der Waals surface area contributed by atoms with Crippen molar-refractivity contribution in [2.24, 2.45) is 4.99 Å². The number of aliphatic imine (C=N–C) groups is 1. The molecule has 1 aromatic heterocycles. The van der Waals surface area contributed by atoms with E-state index in [2.05, 4.69) is 41.3 Å². The highest BCUT2D eigenvalue weighted by Gasteiger charge is 2.38. The van der Waals surface area contributed by atoms with E-state index in [1.165, 1.54) is 19.3 Å². The quantitative estimate of drug-likeness (QED) is 0.552. The van der Waals surface area contributed by atoms with Crippen LogP contribution in [0.25, 0.3) is 0 Å². The molecule has 1 aromatic rings. The molecule has 6 nitrogen and oxygen atoms in total. The van der Waals surface area contributed by atoms with Gasteiger partial charge in [0.1, 0.15) is 0 Å². The number of pyridine rings is 1. The summed E-state index contributed by atoms with van der Waals surface area (Å²) in [7, 11) is 0. The summed E-state index contributed by atoms with van der Waals surface area (Å²) in [4.78, 5) is 11.7. The Labute approximate surface area is 157 Å². The molecule has 0 amide bonds. The number of likely N-dealkylation sites (tertiary alicyclic amines) is 1. The van der Waals surface area contributed by atoms with E-state index in [-0.39, 0.29) is 0 Å². The maximum Gasteiger partial charge on any atom is 0.213 e. The molecule has 2 N–H and O–H groups in total. The van der Waals surface area contributed by atoms with Gasteiger partial charge in [-0.15, -0.1) is 0 Å². The third-order valence-electron chi connectivity index (χ3n) is 5.00. The lowest BCUT2D eigenvalue weighted by molar-refractivity contribution is 0.256. The third-order valence-corrected chi connectivity index (χ3v) is 5.00. The fourth-order valence-electron chi connectivity index (χ4n) is 3.56. The average molecular weight is 360 g/mol. The lowest BCUT2D eigenvalue weighted by Crippen LogP contribution is -2.44. The molecule has 2 fully saturated rings. The van der Waals surface area contributed by atoms with Gasteiger partial charge in [0.15, 0.2) is 5.96 Å². The summed E-state index contributed by atoms with van der Waals surface area (Å²) in [6.07, 6.45) is 6.77. The van der Waals surface area contributed by atoms with E-state index in [0.29, 0.717) is 31.1 Å². The van der Waals surface area contributed by atoms with Crippen molar-refractivity contribution in [1.82, 2.24) is 20.5 Å². The Morgan fingerprint density at radius 3 is 2.85 bits per heavy atom. The smallest absolute Gasteiger partial charge is 0.213 e. The minimum absolute atomic E-state index is 0.478. The lowest BCUT2D eigenvalue weighted by Gasteiger charge is -2.20. The standard InChI is InChI=1S/C20H33N5O/c1-4-10-26-19-9-6-16(12-22-19)13-23-20(21-5-2)24-17-11-15(3)25(14-17)18-7-8-18/h6,9,12,15,17-18H,4-5,7-8,10-11,13-14H2,1-3H3,(H2,21,23,24). The van der Waals surface area contributed by atoms with Gasteiger partial charge in [-0.3, -0.25) is 4.90 Å². The molecular formula is C20H33N5O. The van der Waals surface area contributed by atoms with Gasteiger partial charge in [-0.05, 0) is 45.1 Å². The molecule has 0 bridgehead atoms. The van der Waals surface area contributed by atoms with Crippen LogP contribution in [0.3, 0.4) is 0 Å². The Morgan fingerprint density at radius 1 is 1.35 bits per heavy atom. The van der Waals surface area contributed by atoms with Gasteiger partial charge in [0, 0.05) is 43.5 Å². The number of nitrogens with zero attached hydrogens (tertiary/aromatic N) is 3. The van der Waals surface area contributed by atoms with Gasteiger partial charge in [0.25, 0.3) is 0 Å².